The number of amides is 1. The number of carbonyl (C=O) groups excluding carboxylic acids is 2. The highest BCUT2D eigenvalue weighted by atomic mass is 16.5. The van der Waals surface area contributed by atoms with Crippen LogP contribution in [0.3, 0.4) is 0 Å². The maximum absolute atomic E-state index is 11.8. The van der Waals surface area contributed by atoms with Gasteiger partial charge in [-0.1, -0.05) is 12.1 Å². The standard InChI is InChI=1S/C22H26N6O4/c1-28(14-7-9-15(31-2)10-8-14)20-16-5-3-4-6-18(16)26-22(27-20)25-11-12-32-21(30)17(23)13-19(24)29/h3-10,17H,11-13,23H2,1-2H3,(H2,24,29)(H,25,26,27)/t17-/m0/s1. The van der Waals surface area contributed by atoms with Gasteiger partial charge in [0.25, 0.3) is 0 Å². The van der Waals surface area contributed by atoms with Crippen molar-refractivity contribution in [2.24, 2.45) is 11.5 Å². The Balaban J connectivity index is 1.73. The average Bonchev–Trinajstić information content (AvgIpc) is 2.80. The fourth-order valence-corrected chi connectivity index (χ4v) is 3.04. The van der Waals surface area contributed by atoms with Crippen LogP contribution < -0.4 is 26.4 Å². The number of fused-ring (bicyclic) bond motifs is 1. The molecule has 1 aromatic heterocycles. The lowest BCUT2D eigenvalue weighted by molar-refractivity contribution is -0.146. The molecule has 10 nitrogen and oxygen atoms in total. The van der Waals surface area contributed by atoms with E-state index >= 15 is 0 Å². The summed E-state index contributed by atoms with van der Waals surface area (Å²) in [6.45, 7) is 0.296. The van der Waals surface area contributed by atoms with Crippen LogP contribution in [0.5, 0.6) is 5.75 Å². The monoisotopic (exact) mass is 438 g/mol. The molecule has 10 heteroatoms. The van der Waals surface area contributed by atoms with E-state index in [0.717, 1.165) is 22.3 Å². The quantitative estimate of drug-likeness (QED) is 0.317. The third kappa shape index (κ3) is 5.61. The Morgan fingerprint density at radius 1 is 1.12 bits per heavy atom. The summed E-state index contributed by atoms with van der Waals surface area (Å²) in [5, 5.41) is 3.95. The van der Waals surface area contributed by atoms with Gasteiger partial charge < -0.3 is 31.2 Å². The van der Waals surface area contributed by atoms with E-state index in [-0.39, 0.29) is 19.6 Å². The molecule has 1 atom stereocenters. The van der Waals surface area contributed by atoms with Crippen LogP contribution in [0.4, 0.5) is 17.5 Å². The number of para-hydroxylation sites is 1. The van der Waals surface area contributed by atoms with Gasteiger partial charge in [-0.05, 0) is 36.4 Å². The zero-order valence-corrected chi connectivity index (χ0v) is 17.9. The Morgan fingerprint density at radius 2 is 1.84 bits per heavy atom. The number of nitrogens with zero attached hydrogens (tertiary/aromatic N) is 3. The third-order valence-electron chi connectivity index (χ3n) is 4.71. The molecular weight excluding hydrogens is 412 g/mol. The summed E-state index contributed by atoms with van der Waals surface area (Å²) in [7, 11) is 3.54. The summed E-state index contributed by atoms with van der Waals surface area (Å²) in [5.41, 5.74) is 12.3. The van der Waals surface area contributed by atoms with Gasteiger partial charge in [0, 0.05) is 18.1 Å². The molecule has 0 fully saturated rings. The van der Waals surface area contributed by atoms with Gasteiger partial charge in [0.1, 0.15) is 24.2 Å². The molecule has 5 N–H and O–H groups in total. The molecule has 0 aliphatic rings. The van der Waals surface area contributed by atoms with Crippen molar-refractivity contribution in [1.82, 2.24) is 9.97 Å². The molecule has 0 saturated carbocycles. The second kappa shape index (κ2) is 10.4. The maximum Gasteiger partial charge on any atom is 0.323 e. The predicted octanol–water partition coefficient (Wildman–Crippen LogP) is 1.56. The Hall–Kier alpha value is -3.92. The number of primary amides is 1. The van der Waals surface area contributed by atoms with Gasteiger partial charge in [0.2, 0.25) is 11.9 Å². The molecular formula is C22H26N6O4. The number of carbonyl (C=O) groups is 2. The van der Waals surface area contributed by atoms with Crippen LogP contribution >= 0.6 is 0 Å². The van der Waals surface area contributed by atoms with Gasteiger partial charge in [-0.2, -0.15) is 4.98 Å². The first-order valence-electron chi connectivity index (χ1n) is 9.98. The Labute approximate surface area is 185 Å². The minimum absolute atomic E-state index is 0.0329. The van der Waals surface area contributed by atoms with E-state index in [0.29, 0.717) is 11.8 Å². The first-order valence-corrected chi connectivity index (χ1v) is 9.98. The molecule has 2 aromatic carbocycles. The summed E-state index contributed by atoms with van der Waals surface area (Å²) in [6.07, 6.45) is -0.263. The lowest BCUT2D eigenvalue weighted by Crippen LogP contribution is -2.37. The number of methoxy groups -OCH3 is 1. The van der Waals surface area contributed by atoms with E-state index in [1.165, 1.54) is 0 Å². The molecule has 0 unspecified atom stereocenters. The zero-order chi connectivity index (χ0) is 23.1. The number of hydrogen-bond donors (Lipinski definition) is 3. The smallest absolute Gasteiger partial charge is 0.323 e. The van der Waals surface area contributed by atoms with Crippen molar-refractivity contribution in [2.45, 2.75) is 12.5 Å². The summed E-state index contributed by atoms with van der Waals surface area (Å²) in [5.74, 6) is 0.512. The zero-order valence-electron chi connectivity index (χ0n) is 17.9. The largest absolute Gasteiger partial charge is 0.497 e. The normalized spacial score (nSPS) is 11.6. The highest BCUT2D eigenvalue weighted by Crippen LogP contribution is 2.30. The van der Waals surface area contributed by atoms with Crippen molar-refractivity contribution < 1.29 is 19.1 Å². The second-order valence-electron chi connectivity index (χ2n) is 7.02. The van der Waals surface area contributed by atoms with Gasteiger partial charge >= 0.3 is 5.97 Å². The van der Waals surface area contributed by atoms with Gasteiger partial charge in [-0.15, -0.1) is 0 Å². The number of benzene rings is 2. The van der Waals surface area contributed by atoms with Crippen molar-refractivity contribution in [3.8, 4) is 5.75 Å². The number of rotatable bonds is 10. The molecule has 1 amide bonds. The number of anilines is 3. The Bertz CT molecular complexity index is 1090. The summed E-state index contributed by atoms with van der Waals surface area (Å²) in [6, 6.07) is 14.3. The molecule has 3 rings (SSSR count). The fourth-order valence-electron chi connectivity index (χ4n) is 3.04. The lowest BCUT2D eigenvalue weighted by Gasteiger charge is -2.21. The van der Waals surface area contributed by atoms with Gasteiger partial charge in [-0.3, -0.25) is 9.59 Å². The van der Waals surface area contributed by atoms with Crippen LogP contribution in [0.15, 0.2) is 48.5 Å². The lowest BCUT2D eigenvalue weighted by atomic mass is 10.2. The van der Waals surface area contributed by atoms with Crippen LogP contribution in [-0.2, 0) is 14.3 Å². The summed E-state index contributed by atoms with van der Waals surface area (Å²) in [4.78, 5) is 33.8. The van der Waals surface area contributed by atoms with Crippen molar-refractivity contribution in [3.63, 3.8) is 0 Å². The first kappa shape index (κ1) is 22.8. The van der Waals surface area contributed by atoms with Crippen LogP contribution in [-0.4, -0.2) is 55.2 Å². The first-order chi connectivity index (χ1) is 15.4. The van der Waals surface area contributed by atoms with Crippen molar-refractivity contribution in [1.29, 1.82) is 0 Å². The van der Waals surface area contributed by atoms with Crippen molar-refractivity contribution >= 4 is 40.2 Å². The number of aromatic nitrogens is 2. The van der Waals surface area contributed by atoms with Gasteiger partial charge in [0.15, 0.2) is 0 Å². The molecule has 0 aliphatic carbocycles. The van der Waals surface area contributed by atoms with Crippen LogP contribution in [0.2, 0.25) is 0 Å². The van der Waals surface area contributed by atoms with Crippen molar-refractivity contribution in [2.75, 3.05) is 37.5 Å². The molecule has 168 valence electrons. The molecule has 0 bridgehead atoms. The maximum atomic E-state index is 11.8. The SMILES string of the molecule is COc1ccc(N(C)c2nc(NCCOC(=O)[C@@H](N)CC(N)=O)nc3ccccc23)cc1. The third-order valence-corrected chi connectivity index (χ3v) is 4.71. The van der Waals surface area contributed by atoms with Crippen molar-refractivity contribution in [3.05, 3.63) is 48.5 Å². The minimum atomic E-state index is -1.07. The van der Waals surface area contributed by atoms with E-state index in [1.54, 1.807) is 7.11 Å². The van der Waals surface area contributed by atoms with E-state index in [2.05, 4.69) is 15.3 Å². The summed E-state index contributed by atoms with van der Waals surface area (Å²) < 4.78 is 10.3. The molecule has 3 aromatic rings. The van der Waals surface area contributed by atoms with Crippen LogP contribution in [0, 0.1) is 0 Å². The molecule has 1 heterocycles. The van der Waals surface area contributed by atoms with Gasteiger partial charge in [-0.25, -0.2) is 4.98 Å². The number of nitrogens with one attached hydrogen (secondary N) is 1. The average molecular weight is 438 g/mol. The topological polar surface area (TPSA) is 146 Å². The number of hydrogen-bond acceptors (Lipinski definition) is 9. The Kier molecular flexibility index (Phi) is 7.40. The highest BCUT2D eigenvalue weighted by Gasteiger charge is 2.17. The molecule has 0 aliphatic heterocycles. The number of ether oxygens (including phenoxy) is 2. The number of nitrogens with two attached hydrogens (primary N) is 2. The molecule has 0 saturated heterocycles. The minimum Gasteiger partial charge on any atom is -0.497 e. The van der Waals surface area contributed by atoms with Crippen LogP contribution in [0.1, 0.15) is 6.42 Å². The fraction of sp³-hybridized carbons (Fsp3) is 0.273. The summed E-state index contributed by atoms with van der Waals surface area (Å²) >= 11 is 0. The predicted molar refractivity (Wildman–Crippen MR) is 122 cm³/mol. The molecule has 32 heavy (non-hydrogen) atoms. The number of esters is 1. The van der Waals surface area contributed by atoms with Crippen LogP contribution in [0.25, 0.3) is 10.9 Å². The molecule has 0 spiro atoms. The Morgan fingerprint density at radius 3 is 2.53 bits per heavy atom. The van der Waals surface area contributed by atoms with E-state index < -0.39 is 17.9 Å². The highest BCUT2D eigenvalue weighted by molar-refractivity contribution is 5.92. The van der Waals surface area contributed by atoms with E-state index in [1.807, 2.05) is 60.5 Å². The van der Waals surface area contributed by atoms with E-state index in [4.69, 9.17) is 20.9 Å². The second-order valence-corrected chi connectivity index (χ2v) is 7.02. The van der Waals surface area contributed by atoms with E-state index in [9.17, 15) is 9.59 Å². The molecule has 0 radical (unpaired) electrons. The van der Waals surface area contributed by atoms with Gasteiger partial charge in [0.05, 0.1) is 25.6 Å².